The second-order valence-electron chi connectivity index (χ2n) is 8.64. The molecule has 0 radical (unpaired) electrons. The third-order valence-electron chi connectivity index (χ3n) is 5.87. The first-order valence-corrected chi connectivity index (χ1v) is 12.5. The van der Waals surface area contributed by atoms with Gasteiger partial charge >= 0.3 is 0 Å². The number of benzene rings is 1. The van der Waals surface area contributed by atoms with E-state index in [0.717, 1.165) is 23.7 Å². The van der Waals surface area contributed by atoms with Crippen LogP contribution in [0.3, 0.4) is 0 Å². The number of para-hydroxylation sites is 1. The summed E-state index contributed by atoms with van der Waals surface area (Å²) in [6, 6.07) is 11.9. The molecular weight excluding hydrogens is 368 g/mol. The van der Waals surface area contributed by atoms with Crippen molar-refractivity contribution in [2.24, 2.45) is 0 Å². The van der Waals surface area contributed by atoms with Crippen LogP contribution in [0.5, 0.6) is 0 Å². The standard InChI is InChI=1S/C27H42N2O/c1-2-3-4-5-6-7-8-9-10-11-12-13-14-15-16-21-27(30)29-26-23-22-24-19-17-18-20-25(24)28-26/h17-20,22-23H,2-16,21H2,1H3,(H,28,29,30). The highest BCUT2D eigenvalue weighted by molar-refractivity contribution is 5.91. The average Bonchev–Trinajstić information content (AvgIpc) is 2.76. The highest BCUT2D eigenvalue weighted by Gasteiger charge is 2.04. The van der Waals surface area contributed by atoms with E-state index in [9.17, 15) is 4.79 Å². The van der Waals surface area contributed by atoms with Gasteiger partial charge in [-0.2, -0.15) is 0 Å². The number of anilines is 1. The maximum Gasteiger partial charge on any atom is 0.225 e. The van der Waals surface area contributed by atoms with Crippen LogP contribution in [0.2, 0.25) is 0 Å². The van der Waals surface area contributed by atoms with Crippen LogP contribution < -0.4 is 5.32 Å². The Morgan fingerprint density at radius 1 is 0.700 bits per heavy atom. The van der Waals surface area contributed by atoms with E-state index in [0.29, 0.717) is 12.2 Å². The number of unbranched alkanes of at least 4 members (excludes halogenated alkanes) is 14. The fraction of sp³-hybridized carbons (Fsp3) is 0.630. The Balaban J connectivity index is 1.39. The lowest BCUT2D eigenvalue weighted by molar-refractivity contribution is -0.116. The van der Waals surface area contributed by atoms with E-state index in [-0.39, 0.29) is 5.91 Å². The second kappa shape index (κ2) is 15.9. The van der Waals surface area contributed by atoms with Crippen LogP contribution in [0.4, 0.5) is 5.82 Å². The number of nitrogens with zero attached hydrogens (tertiary/aromatic N) is 1. The van der Waals surface area contributed by atoms with E-state index in [4.69, 9.17) is 0 Å². The van der Waals surface area contributed by atoms with Crippen molar-refractivity contribution in [1.29, 1.82) is 0 Å². The van der Waals surface area contributed by atoms with Crippen LogP contribution in [0.1, 0.15) is 110 Å². The Hall–Kier alpha value is -1.90. The Bertz CT molecular complexity index is 713. The number of aromatic nitrogens is 1. The molecule has 0 aliphatic carbocycles. The van der Waals surface area contributed by atoms with Gasteiger partial charge < -0.3 is 5.32 Å². The highest BCUT2D eigenvalue weighted by Crippen LogP contribution is 2.16. The average molecular weight is 411 g/mol. The molecule has 2 aromatic rings. The zero-order valence-corrected chi connectivity index (χ0v) is 19.1. The molecule has 0 unspecified atom stereocenters. The van der Waals surface area contributed by atoms with Gasteiger partial charge in [0.25, 0.3) is 0 Å². The van der Waals surface area contributed by atoms with Crippen LogP contribution in [0.25, 0.3) is 10.9 Å². The van der Waals surface area contributed by atoms with Crippen LogP contribution >= 0.6 is 0 Å². The Morgan fingerprint density at radius 3 is 1.83 bits per heavy atom. The molecule has 0 atom stereocenters. The largest absolute Gasteiger partial charge is 0.311 e. The molecular formula is C27H42N2O. The first kappa shape index (κ1) is 24.4. The zero-order chi connectivity index (χ0) is 21.3. The van der Waals surface area contributed by atoms with Gasteiger partial charge in [0.05, 0.1) is 5.52 Å². The predicted octanol–water partition coefficient (Wildman–Crippen LogP) is 8.43. The molecule has 1 aromatic carbocycles. The van der Waals surface area contributed by atoms with Crippen molar-refractivity contribution >= 4 is 22.6 Å². The summed E-state index contributed by atoms with van der Waals surface area (Å²) >= 11 is 0. The van der Waals surface area contributed by atoms with Crippen molar-refractivity contribution in [2.45, 2.75) is 110 Å². The number of carbonyl (C=O) groups is 1. The van der Waals surface area contributed by atoms with Gasteiger partial charge in [0.15, 0.2) is 0 Å². The summed E-state index contributed by atoms with van der Waals surface area (Å²) in [7, 11) is 0. The molecule has 0 saturated carbocycles. The minimum atomic E-state index is 0.0764. The van der Waals surface area contributed by atoms with Crippen LogP contribution in [-0.4, -0.2) is 10.9 Å². The van der Waals surface area contributed by atoms with E-state index in [1.54, 1.807) is 0 Å². The fourth-order valence-electron chi connectivity index (χ4n) is 4.00. The molecule has 2 rings (SSSR count). The molecule has 3 nitrogen and oxygen atoms in total. The topological polar surface area (TPSA) is 42.0 Å². The van der Waals surface area contributed by atoms with Crippen molar-refractivity contribution in [3.05, 3.63) is 36.4 Å². The number of carbonyl (C=O) groups excluding carboxylic acids is 1. The highest BCUT2D eigenvalue weighted by atomic mass is 16.1. The number of hydrogen-bond donors (Lipinski definition) is 1. The monoisotopic (exact) mass is 410 g/mol. The molecule has 1 amide bonds. The number of hydrogen-bond acceptors (Lipinski definition) is 2. The number of amides is 1. The summed E-state index contributed by atoms with van der Waals surface area (Å²) in [6.45, 7) is 2.28. The number of pyridine rings is 1. The Labute approximate surface area is 184 Å². The molecule has 0 bridgehead atoms. The number of rotatable bonds is 17. The molecule has 0 aliphatic heterocycles. The van der Waals surface area contributed by atoms with Crippen molar-refractivity contribution < 1.29 is 4.79 Å². The smallest absolute Gasteiger partial charge is 0.225 e. The van der Waals surface area contributed by atoms with Crippen molar-refractivity contribution in [3.8, 4) is 0 Å². The van der Waals surface area contributed by atoms with E-state index in [2.05, 4.69) is 17.2 Å². The predicted molar refractivity (Wildman–Crippen MR) is 130 cm³/mol. The lowest BCUT2D eigenvalue weighted by Gasteiger charge is -2.06. The molecule has 3 heteroatoms. The van der Waals surface area contributed by atoms with Crippen LogP contribution in [0.15, 0.2) is 36.4 Å². The molecule has 1 aromatic heterocycles. The summed E-state index contributed by atoms with van der Waals surface area (Å²) in [5.41, 5.74) is 0.919. The molecule has 30 heavy (non-hydrogen) atoms. The Kier molecular flexibility index (Phi) is 12.9. The number of fused-ring (bicyclic) bond motifs is 1. The molecule has 0 spiro atoms. The van der Waals surface area contributed by atoms with E-state index >= 15 is 0 Å². The van der Waals surface area contributed by atoms with Gasteiger partial charge in [-0.15, -0.1) is 0 Å². The molecule has 0 aliphatic rings. The quantitative estimate of drug-likeness (QED) is 0.266. The normalized spacial score (nSPS) is 11.1. The van der Waals surface area contributed by atoms with Gasteiger partial charge in [-0.1, -0.05) is 115 Å². The molecule has 0 fully saturated rings. The van der Waals surface area contributed by atoms with Crippen LogP contribution in [0, 0.1) is 0 Å². The van der Waals surface area contributed by atoms with E-state index < -0.39 is 0 Å². The summed E-state index contributed by atoms with van der Waals surface area (Å²) in [5, 5.41) is 4.03. The van der Waals surface area contributed by atoms with E-state index in [1.807, 2.05) is 36.4 Å². The lowest BCUT2D eigenvalue weighted by Crippen LogP contribution is -2.12. The van der Waals surface area contributed by atoms with Crippen molar-refractivity contribution in [3.63, 3.8) is 0 Å². The molecule has 1 heterocycles. The van der Waals surface area contributed by atoms with Crippen molar-refractivity contribution in [1.82, 2.24) is 4.98 Å². The van der Waals surface area contributed by atoms with E-state index in [1.165, 1.54) is 83.5 Å². The third kappa shape index (κ3) is 10.8. The minimum Gasteiger partial charge on any atom is -0.311 e. The molecule has 0 saturated heterocycles. The fourth-order valence-corrected chi connectivity index (χ4v) is 4.00. The molecule has 1 N–H and O–H groups in total. The first-order valence-electron chi connectivity index (χ1n) is 12.5. The van der Waals surface area contributed by atoms with Gasteiger partial charge in [0.2, 0.25) is 5.91 Å². The van der Waals surface area contributed by atoms with Gasteiger partial charge in [0, 0.05) is 11.8 Å². The summed E-state index contributed by atoms with van der Waals surface area (Å²) in [5.74, 6) is 0.729. The number of nitrogens with one attached hydrogen (secondary N) is 1. The zero-order valence-electron chi connectivity index (χ0n) is 19.1. The minimum absolute atomic E-state index is 0.0764. The van der Waals surface area contributed by atoms with Crippen LogP contribution in [-0.2, 0) is 4.79 Å². The second-order valence-corrected chi connectivity index (χ2v) is 8.64. The van der Waals surface area contributed by atoms with Gasteiger partial charge in [0.1, 0.15) is 5.82 Å². The summed E-state index contributed by atoms with van der Waals surface area (Å²) in [4.78, 5) is 16.6. The van der Waals surface area contributed by atoms with Gasteiger partial charge in [-0.25, -0.2) is 4.98 Å². The maximum absolute atomic E-state index is 12.1. The Morgan fingerprint density at radius 2 is 1.23 bits per heavy atom. The lowest BCUT2D eigenvalue weighted by atomic mass is 10.0. The third-order valence-corrected chi connectivity index (χ3v) is 5.87. The van der Waals surface area contributed by atoms with Gasteiger partial charge in [-0.05, 0) is 24.6 Å². The molecule has 166 valence electrons. The van der Waals surface area contributed by atoms with Gasteiger partial charge in [-0.3, -0.25) is 4.79 Å². The maximum atomic E-state index is 12.1. The summed E-state index contributed by atoms with van der Waals surface area (Å²) in [6.07, 6.45) is 20.7. The summed E-state index contributed by atoms with van der Waals surface area (Å²) < 4.78 is 0. The SMILES string of the molecule is CCCCCCCCCCCCCCCCCC(=O)Nc1ccc2ccccc2n1. The van der Waals surface area contributed by atoms with Crippen molar-refractivity contribution in [2.75, 3.05) is 5.32 Å². The first-order chi connectivity index (χ1) is 14.8.